The maximum Gasteiger partial charge on any atom is 0.338 e. The molecule has 1 amide bonds. The number of anilines is 1. The monoisotopic (exact) mass is 394 g/mol. The first kappa shape index (κ1) is 20.4. The number of amides is 1. The topological polar surface area (TPSA) is 125 Å². The Morgan fingerprint density at radius 1 is 1.07 bits per heavy atom. The van der Waals surface area contributed by atoms with E-state index < -0.39 is 46.7 Å². The van der Waals surface area contributed by atoms with Crippen LogP contribution < -0.4 is 5.32 Å². The van der Waals surface area contributed by atoms with E-state index in [-0.39, 0.29) is 16.8 Å². The molecule has 2 rings (SSSR count). The van der Waals surface area contributed by atoms with E-state index in [1.165, 1.54) is 0 Å². The molecule has 0 saturated carbocycles. The lowest BCUT2D eigenvalue weighted by molar-refractivity contribution is -0.384. The lowest BCUT2D eigenvalue weighted by atomic mass is 10.1. The number of nitrogens with one attached hydrogen (secondary N) is 1. The van der Waals surface area contributed by atoms with Gasteiger partial charge in [0.25, 0.3) is 11.6 Å². The summed E-state index contributed by atoms with van der Waals surface area (Å²) in [5.41, 5.74) is -1.52. The fourth-order valence-corrected chi connectivity index (χ4v) is 2.06. The lowest BCUT2D eigenvalue weighted by Gasteiger charge is -2.08. The number of halogens is 2. The van der Waals surface area contributed by atoms with Crippen LogP contribution in [0, 0.1) is 21.7 Å². The Morgan fingerprint density at radius 3 is 2.29 bits per heavy atom. The van der Waals surface area contributed by atoms with Crippen LogP contribution in [0.25, 0.3) is 0 Å². The summed E-state index contributed by atoms with van der Waals surface area (Å²) in [6, 6.07) is 5.21. The zero-order valence-corrected chi connectivity index (χ0v) is 14.2. The quantitative estimate of drug-likeness (QED) is 0.453. The summed E-state index contributed by atoms with van der Waals surface area (Å²) in [5, 5.41) is 13.0. The summed E-state index contributed by atoms with van der Waals surface area (Å²) in [4.78, 5) is 45.5. The van der Waals surface area contributed by atoms with Crippen molar-refractivity contribution in [3.63, 3.8) is 0 Å². The van der Waals surface area contributed by atoms with Crippen LogP contribution >= 0.6 is 0 Å². The number of ether oxygens (including phenoxy) is 2. The van der Waals surface area contributed by atoms with E-state index in [4.69, 9.17) is 4.74 Å². The Hall–Kier alpha value is -3.89. The zero-order chi connectivity index (χ0) is 20.8. The van der Waals surface area contributed by atoms with Crippen molar-refractivity contribution < 1.29 is 37.6 Å². The molecule has 0 aromatic heterocycles. The molecule has 0 bridgehead atoms. The smallest absolute Gasteiger partial charge is 0.338 e. The van der Waals surface area contributed by atoms with Gasteiger partial charge in [0.15, 0.2) is 6.61 Å². The molecule has 0 radical (unpaired) electrons. The third-order valence-corrected chi connectivity index (χ3v) is 3.32. The number of carbonyl (C=O) groups is 3. The van der Waals surface area contributed by atoms with E-state index in [9.17, 15) is 33.3 Å². The van der Waals surface area contributed by atoms with Crippen molar-refractivity contribution in [1.29, 1.82) is 0 Å². The highest BCUT2D eigenvalue weighted by Gasteiger charge is 2.20. The molecule has 1 N–H and O–H groups in total. The first-order chi connectivity index (χ1) is 13.2. The average molecular weight is 394 g/mol. The number of carbonyl (C=O) groups excluding carboxylic acids is 3. The number of benzene rings is 2. The van der Waals surface area contributed by atoms with E-state index in [2.05, 4.69) is 10.1 Å². The zero-order valence-electron chi connectivity index (χ0n) is 14.2. The number of non-ortho nitro benzene ring substituents is 1. The van der Waals surface area contributed by atoms with Gasteiger partial charge in [0.05, 0.1) is 28.8 Å². The molecule has 0 aliphatic rings. The maximum absolute atomic E-state index is 13.5. The maximum atomic E-state index is 13.5. The van der Waals surface area contributed by atoms with Gasteiger partial charge in [0.1, 0.15) is 11.6 Å². The molecule has 0 fully saturated rings. The molecular weight excluding hydrogens is 382 g/mol. The van der Waals surface area contributed by atoms with Crippen LogP contribution in [0.1, 0.15) is 20.7 Å². The first-order valence-electron chi connectivity index (χ1n) is 7.51. The standard InChI is InChI=1S/C17H12F2N2O7/c1-27-16(23)9-4-10(6-12(5-9)21(25)26)17(24)28-8-15(22)20-14-3-2-11(18)7-13(14)19/h2-7H,8H2,1H3,(H,20,22). The summed E-state index contributed by atoms with van der Waals surface area (Å²) in [6.07, 6.45) is 0. The lowest BCUT2D eigenvalue weighted by Crippen LogP contribution is -2.21. The van der Waals surface area contributed by atoms with Gasteiger partial charge in [-0.1, -0.05) is 0 Å². The van der Waals surface area contributed by atoms with Crippen molar-refractivity contribution in [2.75, 3.05) is 19.0 Å². The van der Waals surface area contributed by atoms with Gasteiger partial charge in [-0.15, -0.1) is 0 Å². The van der Waals surface area contributed by atoms with Crippen LogP contribution in [-0.4, -0.2) is 36.5 Å². The number of nitro benzene ring substituents is 1. The van der Waals surface area contributed by atoms with Crippen molar-refractivity contribution in [1.82, 2.24) is 0 Å². The molecule has 9 nitrogen and oxygen atoms in total. The number of hydrogen-bond acceptors (Lipinski definition) is 7. The molecule has 0 spiro atoms. The fraction of sp³-hybridized carbons (Fsp3) is 0.118. The van der Waals surface area contributed by atoms with E-state index in [0.29, 0.717) is 6.07 Å². The van der Waals surface area contributed by atoms with Gasteiger partial charge in [0.2, 0.25) is 0 Å². The SMILES string of the molecule is COC(=O)c1cc(C(=O)OCC(=O)Nc2ccc(F)cc2F)cc([N+](=O)[O-])c1. The second kappa shape index (κ2) is 8.66. The van der Waals surface area contributed by atoms with Crippen molar-refractivity contribution in [2.24, 2.45) is 0 Å². The first-order valence-corrected chi connectivity index (χ1v) is 7.51. The van der Waals surface area contributed by atoms with E-state index in [1.54, 1.807) is 0 Å². The van der Waals surface area contributed by atoms with E-state index in [1.807, 2.05) is 0 Å². The molecule has 0 saturated heterocycles. The van der Waals surface area contributed by atoms with Gasteiger partial charge < -0.3 is 14.8 Å². The molecule has 146 valence electrons. The van der Waals surface area contributed by atoms with Crippen molar-refractivity contribution in [3.05, 3.63) is 69.3 Å². The largest absolute Gasteiger partial charge is 0.465 e. The minimum atomic E-state index is -1.14. The summed E-state index contributed by atoms with van der Waals surface area (Å²) in [5.74, 6) is -4.85. The second-order valence-electron chi connectivity index (χ2n) is 5.27. The minimum Gasteiger partial charge on any atom is -0.465 e. The van der Waals surface area contributed by atoms with Crippen LogP contribution in [0.5, 0.6) is 0 Å². The fourth-order valence-electron chi connectivity index (χ4n) is 2.06. The Morgan fingerprint density at radius 2 is 1.71 bits per heavy atom. The number of hydrogen-bond donors (Lipinski definition) is 1. The molecule has 0 aliphatic carbocycles. The number of nitrogens with zero attached hydrogens (tertiary/aromatic N) is 1. The third kappa shape index (κ3) is 5.06. The highest BCUT2D eigenvalue weighted by atomic mass is 19.1. The summed E-state index contributed by atoms with van der Waals surface area (Å²) in [7, 11) is 1.05. The van der Waals surface area contributed by atoms with Gasteiger partial charge in [-0.3, -0.25) is 14.9 Å². The normalized spacial score (nSPS) is 10.1. The second-order valence-corrected chi connectivity index (χ2v) is 5.27. The average Bonchev–Trinajstić information content (AvgIpc) is 2.67. The molecule has 28 heavy (non-hydrogen) atoms. The number of methoxy groups -OCH3 is 1. The number of nitro groups is 1. The van der Waals surface area contributed by atoms with Crippen molar-refractivity contribution >= 4 is 29.2 Å². The van der Waals surface area contributed by atoms with Crippen LogP contribution in [0.4, 0.5) is 20.2 Å². The van der Waals surface area contributed by atoms with Gasteiger partial charge >= 0.3 is 11.9 Å². The molecule has 0 atom stereocenters. The molecule has 2 aromatic rings. The highest BCUT2D eigenvalue weighted by molar-refractivity contribution is 5.98. The molecular formula is C17H12F2N2O7. The summed E-state index contributed by atoms with van der Waals surface area (Å²) >= 11 is 0. The van der Waals surface area contributed by atoms with E-state index >= 15 is 0 Å². The molecule has 0 aliphatic heterocycles. The molecule has 11 heteroatoms. The predicted molar refractivity (Wildman–Crippen MR) is 89.7 cm³/mol. The summed E-state index contributed by atoms with van der Waals surface area (Å²) in [6.45, 7) is -0.855. The summed E-state index contributed by atoms with van der Waals surface area (Å²) < 4.78 is 35.5. The number of esters is 2. The highest BCUT2D eigenvalue weighted by Crippen LogP contribution is 2.19. The van der Waals surface area contributed by atoms with Gasteiger partial charge in [-0.05, 0) is 18.2 Å². The Kier molecular flexibility index (Phi) is 6.32. The Bertz CT molecular complexity index is 963. The number of rotatable bonds is 6. The minimum absolute atomic E-state index is 0.263. The molecule has 0 unspecified atom stereocenters. The van der Waals surface area contributed by atoms with Gasteiger partial charge in [-0.2, -0.15) is 0 Å². The predicted octanol–water partition coefficient (Wildman–Crippen LogP) is 2.46. The van der Waals surface area contributed by atoms with Crippen LogP contribution in [0.15, 0.2) is 36.4 Å². The van der Waals surface area contributed by atoms with Crippen molar-refractivity contribution in [3.8, 4) is 0 Å². The van der Waals surface area contributed by atoms with Gasteiger partial charge in [-0.25, -0.2) is 18.4 Å². The third-order valence-electron chi connectivity index (χ3n) is 3.32. The van der Waals surface area contributed by atoms with Crippen molar-refractivity contribution in [2.45, 2.75) is 0 Å². The van der Waals surface area contributed by atoms with Crippen LogP contribution in [0.2, 0.25) is 0 Å². The molecule has 0 heterocycles. The Labute approximate surface area is 156 Å². The Balaban J connectivity index is 2.09. The van der Waals surface area contributed by atoms with Gasteiger partial charge in [0, 0.05) is 18.2 Å². The van der Waals surface area contributed by atoms with Crippen LogP contribution in [-0.2, 0) is 14.3 Å². The van der Waals surface area contributed by atoms with Crippen LogP contribution in [0.3, 0.4) is 0 Å². The van der Waals surface area contributed by atoms with E-state index in [0.717, 1.165) is 37.4 Å². The molecule has 2 aromatic carbocycles.